The summed E-state index contributed by atoms with van der Waals surface area (Å²) in [5.41, 5.74) is 7.12. The average molecular weight is 415 g/mol. The summed E-state index contributed by atoms with van der Waals surface area (Å²) >= 11 is 1.87. The highest BCUT2D eigenvalue weighted by Gasteiger charge is 2.30. The number of carbonyl (C=O) groups is 1. The van der Waals surface area contributed by atoms with Gasteiger partial charge in [-0.1, -0.05) is 6.92 Å². The second-order valence-corrected chi connectivity index (χ2v) is 10.4. The number of hydrogen-bond donors (Lipinski definition) is 2. The molecule has 0 unspecified atom stereocenters. The van der Waals surface area contributed by atoms with Gasteiger partial charge >= 0.3 is 0 Å². The predicted molar refractivity (Wildman–Crippen MR) is 116 cm³/mol. The molecule has 2 aliphatic heterocycles. The number of piperidine rings is 2. The lowest BCUT2D eigenvalue weighted by molar-refractivity contribution is -0.920. The molecule has 1 amide bonds. The van der Waals surface area contributed by atoms with Crippen molar-refractivity contribution < 1.29 is 9.69 Å². The Kier molecular flexibility index (Phi) is 5.20. The Morgan fingerprint density at radius 3 is 2.83 bits per heavy atom. The second kappa shape index (κ2) is 7.84. The Labute approximate surface area is 176 Å². The third-order valence-corrected chi connectivity index (χ3v) is 8.29. The zero-order valence-electron chi connectivity index (χ0n) is 17.4. The highest BCUT2D eigenvalue weighted by molar-refractivity contribution is 7.19. The fourth-order valence-electron chi connectivity index (χ4n) is 5.30. The lowest BCUT2D eigenvalue weighted by Crippen LogP contribution is -3.11. The van der Waals surface area contributed by atoms with Crippen LogP contribution in [0.15, 0.2) is 0 Å². The molecule has 5 rings (SSSR count). The van der Waals surface area contributed by atoms with Gasteiger partial charge in [0, 0.05) is 18.0 Å². The van der Waals surface area contributed by atoms with Crippen LogP contribution in [0.4, 0.5) is 5.82 Å². The van der Waals surface area contributed by atoms with E-state index in [1.54, 1.807) is 4.90 Å². The SMILES string of the molecule is CC1CC[NH+](Cc2nc(N3CCC[C@H](C(N)=O)C3)c3c4c(sc3n2)CCC4)CC1. The Morgan fingerprint density at radius 2 is 2.03 bits per heavy atom. The maximum absolute atomic E-state index is 11.8. The lowest BCUT2D eigenvalue weighted by Gasteiger charge is -2.33. The van der Waals surface area contributed by atoms with Crippen LogP contribution >= 0.6 is 11.3 Å². The first-order valence-corrected chi connectivity index (χ1v) is 12.1. The minimum atomic E-state index is -0.178. The van der Waals surface area contributed by atoms with Gasteiger partial charge in [0.1, 0.15) is 17.2 Å². The number of carbonyl (C=O) groups excluding carboxylic acids is 1. The minimum Gasteiger partial charge on any atom is -0.369 e. The van der Waals surface area contributed by atoms with E-state index in [9.17, 15) is 4.79 Å². The number of primary amides is 1. The largest absolute Gasteiger partial charge is 0.369 e. The number of aryl methyl sites for hydroxylation is 2. The molecule has 156 valence electrons. The van der Waals surface area contributed by atoms with E-state index in [1.165, 1.54) is 54.6 Å². The van der Waals surface area contributed by atoms with Crippen molar-refractivity contribution in [1.29, 1.82) is 0 Å². The third-order valence-electron chi connectivity index (χ3n) is 7.10. The van der Waals surface area contributed by atoms with Crippen molar-refractivity contribution >= 4 is 33.3 Å². The number of nitrogens with two attached hydrogens (primary N) is 1. The second-order valence-electron chi connectivity index (χ2n) is 9.30. The smallest absolute Gasteiger partial charge is 0.222 e. The van der Waals surface area contributed by atoms with Crippen molar-refractivity contribution in [3.63, 3.8) is 0 Å². The van der Waals surface area contributed by atoms with Crippen LogP contribution in [0.3, 0.4) is 0 Å². The molecular formula is C22H32N5OS+. The number of hydrogen-bond acceptors (Lipinski definition) is 5. The molecule has 3 N–H and O–H groups in total. The summed E-state index contributed by atoms with van der Waals surface area (Å²) < 4.78 is 0. The molecule has 0 bridgehead atoms. The van der Waals surface area contributed by atoms with Crippen LogP contribution in [0.25, 0.3) is 10.2 Å². The van der Waals surface area contributed by atoms with Crippen molar-refractivity contribution in [2.24, 2.45) is 17.6 Å². The van der Waals surface area contributed by atoms with Gasteiger partial charge in [-0.05, 0) is 56.4 Å². The maximum atomic E-state index is 11.8. The highest BCUT2D eigenvalue weighted by Crippen LogP contribution is 2.41. The zero-order valence-corrected chi connectivity index (χ0v) is 18.2. The lowest BCUT2D eigenvalue weighted by atomic mass is 9.97. The fourth-order valence-corrected chi connectivity index (χ4v) is 6.57. The predicted octanol–water partition coefficient (Wildman–Crippen LogP) is 1.70. The Morgan fingerprint density at radius 1 is 1.21 bits per heavy atom. The molecule has 2 fully saturated rings. The van der Waals surface area contributed by atoms with Crippen molar-refractivity contribution in [2.45, 2.75) is 58.4 Å². The summed E-state index contributed by atoms with van der Waals surface area (Å²) in [5, 5.41) is 1.26. The van der Waals surface area contributed by atoms with Crippen molar-refractivity contribution in [3.05, 3.63) is 16.3 Å². The van der Waals surface area contributed by atoms with Crippen molar-refractivity contribution in [3.8, 4) is 0 Å². The molecule has 2 aromatic heterocycles. The standard InChI is InChI=1S/C22H31N5OS/c1-14-7-10-26(11-8-14)13-18-24-21(27-9-3-4-15(12-27)20(23)28)19-16-5-2-6-17(16)29-22(19)25-18/h14-15H,2-13H2,1H3,(H2,23,28)/p+1/t15-/m0/s1. The number of amides is 1. The number of fused-ring (bicyclic) bond motifs is 3. The van der Waals surface area contributed by atoms with Crippen LogP contribution in [0.2, 0.25) is 0 Å². The van der Waals surface area contributed by atoms with E-state index in [4.69, 9.17) is 15.7 Å². The first-order valence-electron chi connectivity index (χ1n) is 11.3. The van der Waals surface area contributed by atoms with E-state index in [-0.39, 0.29) is 11.8 Å². The molecule has 2 aromatic rings. The topological polar surface area (TPSA) is 76.6 Å². The average Bonchev–Trinajstić information content (AvgIpc) is 3.30. The summed E-state index contributed by atoms with van der Waals surface area (Å²) in [6.45, 7) is 7.34. The van der Waals surface area contributed by atoms with Gasteiger partial charge in [-0.3, -0.25) is 4.79 Å². The molecule has 4 heterocycles. The molecule has 0 radical (unpaired) electrons. The number of aromatic nitrogens is 2. The number of nitrogens with zero attached hydrogens (tertiary/aromatic N) is 3. The van der Waals surface area contributed by atoms with Gasteiger partial charge in [-0.15, -0.1) is 11.3 Å². The van der Waals surface area contributed by atoms with Crippen LogP contribution in [-0.2, 0) is 24.2 Å². The maximum Gasteiger partial charge on any atom is 0.222 e. The highest BCUT2D eigenvalue weighted by atomic mass is 32.1. The zero-order chi connectivity index (χ0) is 20.0. The van der Waals surface area contributed by atoms with Crippen LogP contribution in [0, 0.1) is 11.8 Å². The first-order chi connectivity index (χ1) is 14.1. The summed E-state index contributed by atoms with van der Waals surface area (Å²) in [7, 11) is 0. The Balaban J connectivity index is 1.50. The number of thiophene rings is 1. The molecule has 29 heavy (non-hydrogen) atoms. The van der Waals surface area contributed by atoms with Gasteiger partial charge in [-0.25, -0.2) is 9.97 Å². The van der Waals surface area contributed by atoms with Crippen LogP contribution in [0.5, 0.6) is 0 Å². The van der Waals surface area contributed by atoms with Crippen molar-refractivity contribution in [2.75, 3.05) is 31.1 Å². The molecule has 0 saturated carbocycles. The molecular weight excluding hydrogens is 382 g/mol. The van der Waals surface area contributed by atoms with E-state index in [1.807, 2.05) is 11.3 Å². The summed E-state index contributed by atoms with van der Waals surface area (Å²) in [6, 6.07) is 0. The van der Waals surface area contributed by atoms with Gasteiger partial charge in [0.25, 0.3) is 0 Å². The summed E-state index contributed by atoms with van der Waals surface area (Å²) in [4.78, 5) is 28.6. The summed E-state index contributed by atoms with van der Waals surface area (Å²) in [5.74, 6) is 2.64. The number of rotatable bonds is 4. The molecule has 1 atom stereocenters. The van der Waals surface area contributed by atoms with Crippen molar-refractivity contribution in [1.82, 2.24) is 9.97 Å². The normalized spacial score (nSPS) is 27.3. The van der Waals surface area contributed by atoms with E-state index >= 15 is 0 Å². The number of anilines is 1. The Bertz CT molecular complexity index is 918. The molecule has 1 aliphatic carbocycles. The summed E-state index contributed by atoms with van der Waals surface area (Å²) in [6.07, 6.45) is 8.02. The molecule has 7 heteroatoms. The van der Waals surface area contributed by atoms with E-state index in [2.05, 4.69) is 11.8 Å². The van der Waals surface area contributed by atoms with E-state index in [0.29, 0.717) is 6.54 Å². The van der Waals surface area contributed by atoms with E-state index < -0.39 is 0 Å². The number of nitrogens with one attached hydrogen (secondary N) is 1. The number of quaternary nitrogens is 1. The van der Waals surface area contributed by atoms with Gasteiger partial charge in [0.05, 0.1) is 24.4 Å². The molecule has 6 nitrogen and oxygen atoms in total. The van der Waals surface area contributed by atoms with Crippen LogP contribution in [0.1, 0.15) is 55.3 Å². The van der Waals surface area contributed by atoms with E-state index in [0.717, 1.165) is 54.7 Å². The van der Waals surface area contributed by atoms with Crippen LogP contribution < -0.4 is 15.5 Å². The first kappa shape index (κ1) is 19.2. The van der Waals surface area contributed by atoms with Gasteiger partial charge in [0.15, 0.2) is 5.82 Å². The molecule has 2 saturated heterocycles. The molecule has 3 aliphatic rings. The fraction of sp³-hybridized carbons (Fsp3) is 0.682. The van der Waals surface area contributed by atoms with Crippen LogP contribution in [-0.4, -0.2) is 42.1 Å². The molecule has 0 spiro atoms. The molecule has 0 aromatic carbocycles. The minimum absolute atomic E-state index is 0.0712. The van der Waals surface area contributed by atoms with Gasteiger partial charge in [0.2, 0.25) is 5.91 Å². The third kappa shape index (κ3) is 3.75. The van der Waals surface area contributed by atoms with Gasteiger partial charge < -0.3 is 15.5 Å². The quantitative estimate of drug-likeness (QED) is 0.798. The number of likely N-dealkylation sites (tertiary alicyclic amines) is 1. The monoisotopic (exact) mass is 414 g/mol. The van der Waals surface area contributed by atoms with Gasteiger partial charge in [-0.2, -0.15) is 0 Å². The Hall–Kier alpha value is -1.73.